The van der Waals surface area contributed by atoms with Crippen LogP contribution in [-0.2, 0) is 11.0 Å². The van der Waals surface area contributed by atoms with E-state index in [0.29, 0.717) is 0 Å². The van der Waals surface area contributed by atoms with Crippen LogP contribution in [0.2, 0.25) is 0 Å². The number of hydrogen-bond acceptors (Lipinski definition) is 3. The van der Waals surface area contributed by atoms with Gasteiger partial charge in [0.1, 0.15) is 11.5 Å². The van der Waals surface area contributed by atoms with Crippen molar-refractivity contribution in [1.82, 2.24) is 16.0 Å². The first-order valence-corrected chi connectivity index (χ1v) is 9.54. The number of carbonyl (C=O) groups is 3. The fourth-order valence-electron chi connectivity index (χ4n) is 3.77. The summed E-state index contributed by atoms with van der Waals surface area (Å²) in [5.74, 6) is -2.68. The van der Waals surface area contributed by atoms with E-state index in [1.807, 2.05) is 5.32 Å². The highest BCUT2D eigenvalue weighted by molar-refractivity contribution is 6.09. The fraction of sp³-hybridized carbons (Fsp3) is 0.286. The van der Waals surface area contributed by atoms with Gasteiger partial charge in [-0.25, -0.2) is 13.6 Å². The molecule has 1 aliphatic carbocycles. The SMILES string of the molecule is O=C1NC(=O)[C@](CNC(=O)c2cccc(F)c2-c2ccc(C(F)(F)F)cc2)(C2(F)CC2)N1. The molecule has 1 atom stereocenters. The predicted molar refractivity (Wildman–Crippen MR) is 102 cm³/mol. The Hall–Kier alpha value is -3.50. The molecule has 6 nitrogen and oxygen atoms in total. The molecular formula is C21H16F5N3O3. The maximum Gasteiger partial charge on any atom is 0.416 e. The van der Waals surface area contributed by atoms with E-state index in [1.54, 1.807) is 0 Å². The van der Waals surface area contributed by atoms with Crippen molar-refractivity contribution in [3.63, 3.8) is 0 Å². The van der Waals surface area contributed by atoms with Gasteiger partial charge in [0.25, 0.3) is 11.8 Å². The lowest BCUT2D eigenvalue weighted by molar-refractivity contribution is -0.137. The quantitative estimate of drug-likeness (QED) is 0.480. The van der Waals surface area contributed by atoms with Crippen LogP contribution in [0, 0.1) is 5.82 Å². The molecule has 1 saturated carbocycles. The lowest BCUT2D eigenvalue weighted by Crippen LogP contribution is -2.62. The molecular weight excluding hydrogens is 437 g/mol. The number of nitrogens with one attached hydrogen (secondary N) is 3. The van der Waals surface area contributed by atoms with Crippen molar-refractivity contribution in [2.75, 3.05) is 6.54 Å². The van der Waals surface area contributed by atoms with Crippen LogP contribution in [0.15, 0.2) is 42.5 Å². The van der Waals surface area contributed by atoms with Crippen LogP contribution in [0.1, 0.15) is 28.8 Å². The molecule has 1 aliphatic heterocycles. The summed E-state index contributed by atoms with van der Waals surface area (Å²) in [6, 6.07) is 6.20. The summed E-state index contributed by atoms with van der Waals surface area (Å²) in [5, 5.41) is 6.53. The molecule has 4 rings (SSSR count). The molecule has 0 bridgehead atoms. The Morgan fingerprint density at radius 3 is 2.25 bits per heavy atom. The highest BCUT2D eigenvalue weighted by Gasteiger charge is 2.68. The monoisotopic (exact) mass is 453 g/mol. The summed E-state index contributed by atoms with van der Waals surface area (Å²) >= 11 is 0. The highest BCUT2D eigenvalue weighted by Crippen LogP contribution is 2.49. The van der Waals surface area contributed by atoms with Crippen LogP contribution < -0.4 is 16.0 Å². The van der Waals surface area contributed by atoms with E-state index in [1.165, 1.54) is 12.1 Å². The summed E-state index contributed by atoms with van der Waals surface area (Å²) in [6.45, 7) is -0.594. The van der Waals surface area contributed by atoms with Gasteiger partial charge in [-0.2, -0.15) is 13.2 Å². The number of rotatable bonds is 5. The van der Waals surface area contributed by atoms with Gasteiger partial charge in [0.2, 0.25) is 0 Å². The average Bonchev–Trinajstić information content (AvgIpc) is 3.41. The molecule has 168 valence electrons. The first kappa shape index (κ1) is 21.7. The van der Waals surface area contributed by atoms with Crippen molar-refractivity contribution in [3.8, 4) is 11.1 Å². The van der Waals surface area contributed by atoms with Crippen LogP contribution >= 0.6 is 0 Å². The van der Waals surface area contributed by atoms with Crippen molar-refractivity contribution < 1.29 is 36.3 Å². The lowest BCUT2D eigenvalue weighted by atomic mass is 9.90. The third-order valence-corrected chi connectivity index (χ3v) is 5.67. The molecule has 2 aliphatic rings. The zero-order valence-corrected chi connectivity index (χ0v) is 16.3. The van der Waals surface area contributed by atoms with E-state index in [0.717, 1.165) is 30.3 Å². The van der Waals surface area contributed by atoms with Crippen LogP contribution in [0.25, 0.3) is 11.1 Å². The minimum absolute atomic E-state index is 0.00728. The number of carbonyl (C=O) groups excluding carboxylic acids is 3. The van der Waals surface area contributed by atoms with Crippen molar-refractivity contribution in [2.45, 2.75) is 30.2 Å². The molecule has 2 aromatic rings. The second kappa shape index (κ2) is 7.28. The van der Waals surface area contributed by atoms with Crippen molar-refractivity contribution in [1.29, 1.82) is 0 Å². The molecule has 0 radical (unpaired) electrons. The van der Waals surface area contributed by atoms with Gasteiger partial charge in [-0.1, -0.05) is 18.2 Å². The van der Waals surface area contributed by atoms with E-state index < -0.39 is 53.2 Å². The minimum Gasteiger partial charge on any atom is -0.349 e. The van der Waals surface area contributed by atoms with Gasteiger partial charge in [0.05, 0.1) is 17.7 Å². The predicted octanol–water partition coefficient (Wildman–Crippen LogP) is 3.32. The number of halogens is 5. The Labute approximate surface area is 178 Å². The second-order valence-corrected chi connectivity index (χ2v) is 7.70. The van der Waals surface area contributed by atoms with Gasteiger partial charge in [-0.05, 0) is 42.7 Å². The lowest BCUT2D eigenvalue weighted by Gasteiger charge is -2.30. The van der Waals surface area contributed by atoms with Gasteiger partial charge in [-0.3, -0.25) is 14.9 Å². The number of amides is 4. The Bertz CT molecular complexity index is 1110. The minimum atomic E-state index is -4.58. The molecule has 1 saturated heterocycles. The fourth-order valence-corrected chi connectivity index (χ4v) is 3.77. The summed E-state index contributed by atoms with van der Waals surface area (Å²) < 4.78 is 67.9. The third kappa shape index (κ3) is 3.57. The third-order valence-electron chi connectivity index (χ3n) is 5.67. The molecule has 0 aromatic heterocycles. The van der Waals surface area contributed by atoms with Crippen LogP contribution in [0.3, 0.4) is 0 Å². The number of imide groups is 1. The molecule has 2 fully saturated rings. The molecule has 11 heteroatoms. The van der Waals surface area contributed by atoms with Gasteiger partial charge >= 0.3 is 12.2 Å². The summed E-state index contributed by atoms with van der Waals surface area (Å²) in [7, 11) is 0. The largest absolute Gasteiger partial charge is 0.416 e. The molecule has 1 heterocycles. The van der Waals surface area contributed by atoms with Crippen molar-refractivity contribution in [2.24, 2.45) is 0 Å². The first-order valence-electron chi connectivity index (χ1n) is 9.54. The average molecular weight is 453 g/mol. The van der Waals surface area contributed by atoms with Crippen LogP contribution in [-0.4, -0.2) is 35.6 Å². The van der Waals surface area contributed by atoms with E-state index in [-0.39, 0.29) is 29.5 Å². The van der Waals surface area contributed by atoms with E-state index >= 15 is 0 Å². The smallest absolute Gasteiger partial charge is 0.349 e. The van der Waals surface area contributed by atoms with Gasteiger partial charge < -0.3 is 10.6 Å². The molecule has 32 heavy (non-hydrogen) atoms. The number of alkyl halides is 4. The number of urea groups is 1. The Morgan fingerprint density at radius 2 is 1.72 bits per heavy atom. The number of benzene rings is 2. The van der Waals surface area contributed by atoms with Crippen molar-refractivity contribution >= 4 is 17.8 Å². The molecule has 4 amide bonds. The topological polar surface area (TPSA) is 87.3 Å². The van der Waals surface area contributed by atoms with Gasteiger partial charge in [-0.15, -0.1) is 0 Å². The van der Waals surface area contributed by atoms with E-state index in [9.17, 15) is 36.3 Å². The molecule has 3 N–H and O–H groups in total. The summed E-state index contributed by atoms with van der Waals surface area (Å²) in [5.41, 5.74) is -5.43. The Kier molecular flexibility index (Phi) is 4.94. The number of hydrogen-bond donors (Lipinski definition) is 3. The second-order valence-electron chi connectivity index (χ2n) is 7.70. The Morgan fingerprint density at radius 1 is 1.06 bits per heavy atom. The maximum absolute atomic E-state index is 14.9. The van der Waals surface area contributed by atoms with E-state index in [2.05, 4.69) is 10.6 Å². The van der Waals surface area contributed by atoms with Crippen LogP contribution in [0.5, 0.6) is 0 Å². The van der Waals surface area contributed by atoms with Crippen LogP contribution in [0.4, 0.5) is 26.7 Å². The summed E-state index contributed by atoms with van der Waals surface area (Å²) in [4.78, 5) is 36.7. The highest BCUT2D eigenvalue weighted by atomic mass is 19.4. The summed E-state index contributed by atoms with van der Waals surface area (Å²) in [6.07, 6.45) is -4.57. The zero-order chi connectivity index (χ0) is 23.3. The zero-order valence-electron chi connectivity index (χ0n) is 16.3. The molecule has 0 spiro atoms. The molecule has 2 aromatic carbocycles. The van der Waals surface area contributed by atoms with Crippen molar-refractivity contribution in [3.05, 3.63) is 59.4 Å². The Balaban J connectivity index is 1.62. The molecule has 0 unspecified atom stereocenters. The van der Waals surface area contributed by atoms with Gasteiger partial charge in [0, 0.05) is 5.56 Å². The first-order chi connectivity index (χ1) is 15.0. The standard InChI is InChI=1S/C21H16F5N3O3/c22-14-3-1-2-13(15(14)11-4-6-12(7-5-11)21(24,25)26)16(30)27-10-20(19(23)8-9-19)17(31)28-18(32)29-20/h1-7H,8-10H2,(H,27,30)(H2,28,29,31,32)/t20-/m1/s1. The van der Waals surface area contributed by atoms with Gasteiger partial charge in [0.15, 0.2) is 5.54 Å². The van der Waals surface area contributed by atoms with E-state index in [4.69, 9.17) is 0 Å². The maximum atomic E-state index is 14.9. The normalized spacial score (nSPS) is 21.7.